The summed E-state index contributed by atoms with van der Waals surface area (Å²) in [7, 11) is -3.69. The van der Waals surface area contributed by atoms with Gasteiger partial charge in [0.25, 0.3) is 5.91 Å². The lowest BCUT2D eigenvalue weighted by Crippen LogP contribution is -2.40. The van der Waals surface area contributed by atoms with Gasteiger partial charge in [-0.25, -0.2) is 8.42 Å². The number of nitrogens with zero attached hydrogens (tertiary/aromatic N) is 2. The van der Waals surface area contributed by atoms with Crippen molar-refractivity contribution in [3.63, 3.8) is 0 Å². The number of nitrogens with one attached hydrogen (secondary N) is 1. The Bertz CT molecular complexity index is 1050. The highest BCUT2D eigenvalue weighted by Crippen LogP contribution is 2.20. The Morgan fingerprint density at radius 3 is 2.48 bits per heavy atom. The molecule has 2 amide bonds. The van der Waals surface area contributed by atoms with Gasteiger partial charge in [0.05, 0.1) is 18.1 Å². The predicted octanol–water partition coefficient (Wildman–Crippen LogP) is 2.33. The minimum absolute atomic E-state index is 0.0183. The lowest BCUT2D eigenvalue weighted by atomic mass is 10.1. The lowest BCUT2D eigenvalue weighted by Gasteiger charge is -2.26. The number of hydrogen-bond donors (Lipinski definition) is 1. The van der Waals surface area contributed by atoms with E-state index >= 15 is 0 Å². The Morgan fingerprint density at radius 2 is 1.81 bits per heavy atom. The summed E-state index contributed by atoms with van der Waals surface area (Å²) >= 11 is 0. The van der Waals surface area contributed by atoms with Crippen LogP contribution in [-0.2, 0) is 26.1 Å². The second-order valence-corrected chi connectivity index (χ2v) is 9.17. The number of sulfonamides is 1. The molecule has 1 heterocycles. The molecule has 0 radical (unpaired) electrons. The summed E-state index contributed by atoms with van der Waals surface area (Å²) in [6.07, 6.45) is 0. The maximum atomic E-state index is 12.9. The number of hydrogen-bond acceptors (Lipinski definition) is 5. The van der Waals surface area contributed by atoms with Crippen LogP contribution in [0.1, 0.15) is 29.8 Å². The first kappa shape index (κ1) is 22.9. The minimum Gasteiger partial charge on any atom is -0.379 e. The van der Waals surface area contributed by atoms with E-state index in [-0.39, 0.29) is 16.4 Å². The van der Waals surface area contributed by atoms with E-state index in [1.807, 2.05) is 13.0 Å². The van der Waals surface area contributed by atoms with E-state index in [0.29, 0.717) is 45.1 Å². The fourth-order valence-electron chi connectivity index (χ4n) is 3.35. The largest absolute Gasteiger partial charge is 0.379 e. The molecule has 9 heteroatoms. The third kappa shape index (κ3) is 5.69. The van der Waals surface area contributed by atoms with Gasteiger partial charge in [0, 0.05) is 44.4 Å². The van der Waals surface area contributed by atoms with E-state index in [2.05, 4.69) is 5.32 Å². The number of carbonyl (C=O) groups is 2. The van der Waals surface area contributed by atoms with E-state index in [9.17, 15) is 18.0 Å². The molecule has 0 bridgehead atoms. The van der Waals surface area contributed by atoms with E-state index in [4.69, 9.17) is 4.74 Å². The van der Waals surface area contributed by atoms with Gasteiger partial charge in [0.1, 0.15) is 0 Å². The molecule has 1 fully saturated rings. The van der Waals surface area contributed by atoms with E-state index < -0.39 is 15.9 Å². The van der Waals surface area contributed by atoms with Crippen molar-refractivity contribution < 1.29 is 22.7 Å². The standard InChI is InChI=1S/C22H27N3O5S/c1-3-24(17(2)26)16-18-6-4-8-20(14-18)23-22(27)19-7-5-9-21(15-19)31(28,29)25-10-12-30-13-11-25/h4-9,14-15H,3,10-13,16H2,1-2H3,(H,23,27). The van der Waals surface area contributed by atoms with Crippen LogP contribution >= 0.6 is 0 Å². The number of amides is 2. The van der Waals surface area contributed by atoms with Gasteiger partial charge in [-0.15, -0.1) is 0 Å². The molecule has 0 saturated carbocycles. The van der Waals surface area contributed by atoms with E-state index in [0.717, 1.165) is 5.56 Å². The Morgan fingerprint density at radius 1 is 1.10 bits per heavy atom. The van der Waals surface area contributed by atoms with Crippen LogP contribution in [0.15, 0.2) is 53.4 Å². The van der Waals surface area contributed by atoms with Gasteiger partial charge in [-0.3, -0.25) is 9.59 Å². The van der Waals surface area contributed by atoms with Gasteiger partial charge >= 0.3 is 0 Å². The van der Waals surface area contributed by atoms with E-state index in [1.54, 1.807) is 35.2 Å². The monoisotopic (exact) mass is 445 g/mol. The van der Waals surface area contributed by atoms with Crippen molar-refractivity contribution in [3.05, 3.63) is 59.7 Å². The van der Waals surface area contributed by atoms with Crippen LogP contribution in [0.25, 0.3) is 0 Å². The third-order valence-electron chi connectivity index (χ3n) is 5.09. The third-order valence-corrected chi connectivity index (χ3v) is 6.98. The molecule has 0 unspecified atom stereocenters. The van der Waals surface area contributed by atoms with Crippen molar-refractivity contribution in [2.24, 2.45) is 0 Å². The quantitative estimate of drug-likeness (QED) is 0.706. The molecule has 1 aliphatic rings. The van der Waals surface area contributed by atoms with Crippen molar-refractivity contribution in [1.82, 2.24) is 9.21 Å². The number of benzene rings is 2. The number of morpholine rings is 1. The Kier molecular flexibility index (Phi) is 7.42. The summed E-state index contributed by atoms with van der Waals surface area (Å²) in [5, 5.41) is 2.81. The van der Waals surface area contributed by atoms with Gasteiger partial charge in [-0.2, -0.15) is 4.31 Å². The average Bonchev–Trinajstić information content (AvgIpc) is 2.78. The molecule has 31 heavy (non-hydrogen) atoms. The molecular weight excluding hydrogens is 418 g/mol. The van der Waals surface area contributed by atoms with Crippen LogP contribution in [0.3, 0.4) is 0 Å². The number of rotatable bonds is 7. The zero-order valence-corrected chi connectivity index (χ0v) is 18.5. The highest BCUT2D eigenvalue weighted by atomic mass is 32.2. The zero-order valence-electron chi connectivity index (χ0n) is 17.7. The second-order valence-electron chi connectivity index (χ2n) is 7.23. The number of carbonyl (C=O) groups excluding carboxylic acids is 2. The molecule has 0 atom stereocenters. The maximum Gasteiger partial charge on any atom is 0.255 e. The molecule has 166 valence electrons. The molecule has 1 N–H and O–H groups in total. The first-order chi connectivity index (χ1) is 14.8. The van der Waals surface area contributed by atoms with Gasteiger partial charge in [-0.05, 0) is 42.8 Å². The van der Waals surface area contributed by atoms with Crippen molar-refractivity contribution in [1.29, 1.82) is 0 Å². The summed E-state index contributed by atoms with van der Waals surface area (Å²) in [6.45, 7) is 5.77. The average molecular weight is 446 g/mol. The van der Waals surface area contributed by atoms with Gasteiger partial charge in [-0.1, -0.05) is 18.2 Å². The minimum atomic E-state index is -3.69. The first-order valence-electron chi connectivity index (χ1n) is 10.1. The highest BCUT2D eigenvalue weighted by Gasteiger charge is 2.26. The van der Waals surface area contributed by atoms with Gasteiger partial charge in [0.15, 0.2) is 0 Å². The molecule has 0 spiro atoms. The zero-order chi connectivity index (χ0) is 22.4. The summed E-state index contributed by atoms with van der Waals surface area (Å²) in [4.78, 5) is 26.2. The molecular formula is C22H27N3O5S. The molecule has 2 aromatic carbocycles. The molecule has 0 aliphatic carbocycles. The summed E-state index contributed by atoms with van der Waals surface area (Å²) < 4.78 is 32.3. The fourth-order valence-corrected chi connectivity index (χ4v) is 4.81. The maximum absolute atomic E-state index is 12.9. The Labute approximate surface area is 182 Å². The number of anilines is 1. The molecule has 3 rings (SSSR count). The van der Waals surface area contributed by atoms with Crippen LogP contribution in [0.4, 0.5) is 5.69 Å². The molecule has 1 aliphatic heterocycles. The first-order valence-corrected chi connectivity index (χ1v) is 11.6. The van der Waals surface area contributed by atoms with Crippen molar-refractivity contribution >= 4 is 27.5 Å². The van der Waals surface area contributed by atoms with E-state index in [1.165, 1.54) is 23.4 Å². The predicted molar refractivity (Wildman–Crippen MR) is 117 cm³/mol. The van der Waals surface area contributed by atoms with Crippen LogP contribution in [0.2, 0.25) is 0 Å². The summed E-state index contributed by atoms with van der Waals surface area (Å²) in [5.41, 5.74) is 1.71. The van der Waals surface area contributed by atoms with Crippen LogP contribution < -0.4 is 5.32 Å². The van der Waals surface area contributed by atoms with Crippen LogP contribution in [0, 0.1) is 0 Å². The SMILES string of the molecule is CCN(Cc1cccc(NC(=O)c2cccc(S(=O)(=O)N3CCOCC3)c2)c1)C(C)=O. The lowest BCUT2D eigenvalue weighted by molar-refractivity contribution is -0.129. The van der Waals surface area contributed by atoms with Gasteiger partial charge < -0.3 is 15.0 Å². The number of ether oxygens (including phenoxy) is 1. The topological polar surface area (TPSA) is 96.0 Å². The van der Waals surface area contributed by atoms with Crippen molar-refractivity contribution in [3.8, 4) is 0 Å². The molecule has 0 aromatic heterocycles. The molecule has 2 aromatic rings. The second kappa shape index (κ2) is 10.0. The molecule has 8 nitrogen and oxygen atoms in total. The summed E-state index contributed by atoms with van der Waals surface area (Å²) in [5.74, 6) is -0.426. The highest BCUT2D eigenvalue weighted by molar-refractivity contribution is 7.89. The fraction of sp³-hybridized carbons (Fsp3) is 0.364. The van der Waals surface area contributed by atoms with Gasteiger partial charge in [0.2, 0.25) is 15.9 Å². The molecule has 1 saturated heterocycles. The van der Waals surface area contributed by atoms with Crippen molar-refractivity contribution in [2.75, 3.05) is 38.2 Å². The van der Waals surface area contributed by atoms with Crippen LogP contribution in [-0.4, -0.2) is 62.3 Å². The summed E-state index contributed by atoms with van der Waals surface area (Å²) in [6, 6.07) is 13.3. The normalized spacial score (nSPS) is 14.8. The Balaban J connectivity index is 1.75. The smallest absolute Gasteiger partial charge is 0.255 e. The van der Waals surface area contributed by atoms with Crippen molar-refractivity contribution in [2.45, 2.75) is 25.3 Å². The van der Waals surface area contributed by atoms with Crippen LogP contribution in [0.5, 0.6) is 0 Å². The Hall–Kier alpha value is -2.75.